The molecule has 0 atom stereocenters. The first-order valence-corrected chi connectivity index (χ1v) is 5.25. The van der Waals surface area contributed by atoms with Gasteiger partial charge in [-0.2, -0.15) is 0 Å². The Hall–Kier alpha value is -0.610. The zero-order chi connectivity index (χ0) is 10.8. The van der Waals surface area contributed by atoms with Gasteiger partial charge in [-0.1, -0.05) is 6.42 Å². The van der Waals surface area contributed by atoms with E-state index >= 15 is 0 Å². The molecule has 1 amide bonds. The molecule has 0 aliphatic heterocycles. The van der Waals surface area contributed by atoms with Gasteiger partial charge in [0.25, 0.3) is 0 Å². The van der Waals surface area contributed by atoms with Crippen LogP contribution in [0.15, 0.2) is 0 Å². The molecular weight excluding hydrogens is 182 g/mol. The maximum absolute atomic E-state index is 11.5. The highest BCUT2D eigenvalue weighted by atomic mass is 16.3. The third kappa shape index (κ3) is 5.94. The van der Waals surface area contributed by atoms with Crippen LogP contribution in [0.4, 0.5) is 0 Å². The molecule has 0 fully saturated rings. The Bertz CT molecular complexity index is 150. The van der Waals surface area contributed by atoms with E-state index in [1.165, 1.54) is 0 Å². The fraction of sp³-hybridized carbons (Fsp3) is 0.900. The Morgan fingerprint density at radius 3 is 2.36 bits per heavy atom. The summed E-state index contributed by atoms with van der Waals surface area (Å²) in [5.41, 5.74) is 0. The lowest BCUT2D eigenvalue weighted by Gasteiger charge is -2.19. The molecule has 0 radical (unpaired) electrons. The van der Waals surface area contributed by atoms with Crippen molar-refractivity contribution in [1.82, 2.24) is 4.90 Å². The third-order valence-corrected chi connectivity index (χ3v) is 2.15. The summed E-state index contributed by atoms with van der Waals surface area (Å²) in [4.78, 5) is 13.1. The van der Waals surface area contributed by atoms with Crippen LogP contribution in [0.1, 0.15) is 32.6 Å². The van der Waals surface area contributed by atoms with Crippen LogP contribution in [0.5, 0.6) is 0 Å². The van der Waals surface area contributed by atoms with Crippen molar-refractivity contribution in [2.45, 2.75) is 32.6 Å². The van der Waals surface area contributed by atoms with E-state index in [2.05, 4.69) is 0 Å². The van der Waals surface area contributed by atoms with Crippen LogP contribution in [-0.4, -0.2) is 47.3 Å². The predicted octanol–water partition coefficient (Wildman–Crippen LogP) is 0.380. The normalized spacial score (nSPS) is 10.2. The molecule has 2 N–H and O–H groups in total. The highest BCUT2D eigenvalue weighted by molar-refractivity contribution is 5.76. The average molecular weight is 203 g/mol. The molecule has 4 heteroatoms. The molecule has 0 aromatic rings. The van der Waals surface area contributed by atoms with Gasteiger partial charge in [0.15, 0.2) is 0 Å². The molecule has 0 unspecified atom stereocenters. The molecular formula is C10H21NO3. The molecule has 0 aromatic carbocycles. The quantitative estimate of drug-likeness (QED) is 0.561. The lowest BCUT2D eigenvalue weighted by atomic mass is 10.2. The molecule has 0 rings (SSSR count). The number of aliphatic hydroxyl groups is 2. The topological polar surface area (TPSA) is 60.8 Å². The van der Waals surface area contributed by atoms with Gasteiger partial charge in [-0.3, -0.25) is 4.79 Å². The van der Waals surface area contributed by atoms with Gasteiger partial charge in [-0.05, 0) is 19.8 Å². The van der Waals surface area contributed by atoms with E-state index in [4.69, 9.17) is 10.2 Å². The van der Waals surface area contributed by atoms with Crippen LogP contribution in [-0.2, 0) is 4.79 Å². The van der Waals surface area contributed by atoms with Gasteiger partial charge >= 0.3 is 0 Å². The minimum atomic E-state index is 0.0240. The molecule has 0 aliphatic carbocycles. The SMILES string of the molecule is CCN(CCO)C(=O)CCCCCO. The summed E-state index contributed by atoms with van der Waals surface area (Å²) >= 11 is 0. The van der Waals surface area contributed by atoms with E-state index in [9.17, 15) is 4.79 Å². The van der Waals surface area contributed by atoms with Crippen molar-refractivity contribution in [2.24, 2.45) is 0 Å². The molecule has 0 saturated carbocycles. The molecule has 0 aliphatic rings. The van der Waals surface area contributed by atoms with Crippen LogP contribution >= 0.6 is 0 Å². The monoisotopic (exact) mass is 203 g/mol. The van der Waals surface area contributed by atoms with Crippen LogP contribution in [0, 0.1) is 0 Å². The van der Waals surface area contributed by atoms with Crippen molar-refractivity contribution >= 4 is 5.91 Å². The Morgan fingerprint density at radius 2 is 1.86 bits per heavy atom. The second kappa shape index (κ2) is 8.97. The Labute approximate surface area is 85.5 Å². The maximum Gasteiger partial charge on any atom is 0.222 e. The summed E-state index contributed by atoms with van der Waals surface area (Å²) < 4.78 is 0. The standard InChI is InChI=1S/C10H21NO3/c1-2-11(7-9-13)10(14)6-4-3-5-8-12/h12-13H,2-9H2,1H3. The number of hydrogen-bond donors (Lipinski definition) is 2. The minimum Gasteiger partial charge on any atom is -0.396 e. The first-order chi connectivity index (χ1) is 6.76. The molecule has 0 bridgehead atoms. The fourth-order valence-corrected chi connectivity index (χ4v) is 1.30. The number of amides is 1. The summed E-state index contributed by atoms with van der Waals surface area (Å²) in [6, 6.07) is 0. The van der Waals surface area contributed by atoms with Gasteiger partial charge in [0.2, 0.25) is 5.91 Å². The first kappa shape index (κ1) is 13.4. The summed E-state index contributed by atoms with van der Waals surface area (Å²) in [5, 5.41) is 17.2. The number of likely N-dealkylation sites (N-methyl/N-ethyl adjacent to an activating group) is 1. The van der Waals surface area contributed by atoms with Gasteiger partial charge in [0.1, 0.15) is 0 Å². The number of aliphatic hydroxyl groups excluding tert-OH is 2. The molecule has 4 nitrogen and oxygen atoms in total. The number of rotatable bonds is 8. The van der Waals surface area contributed by atoms with Gasteiger partial charge in [0, 0.05) is 26.1 Å². The van der Waals surface area contributed by atoms with Crippen molar-refractivity contribution in [2.75, 3.05) is 26.3 Å². The van der Waals surface area contributed by atoms with E-state index in [0.717, 1.165) is 19.3 Å². The zero-order valence-corrected chi connectivity index (χ0v) is 8.91. The number of hydrogen-bond acceptors (Lipinski definition) is 3. The van der Waals surface area contributed by atoms with Crippen molar-refractivity contribution in [3.63, 3.8) is 0 Å². The first-order valence-electron chi connectivity index (χ1n) is 5.25. The summed E-state index contributed by atoms with van der Waals surface area (Å²) in [5.74, 6) is 0.0967. The smallest absolute Gasteiger partial charge is 0.222 e. The van der Waals surface area contributed by atoms with Crippen LogP contribution < -0.4 is 0 Å². The molecule has 0 aromatic heterocycles. The summed E-state index contributed by atoms with van der Waals surface area (Å²) in [6.45, 7) is 3.20. The van der Waals surface area contributed by atoms with Crippen molar-refractivity contribution < 1.29 is 15.0 Å². The highest BCUT2D eigenvalue weighted by Gasteiger charge is 2.09. The second-order valence-corrected chi connectivity index (χ2v) is 3.23. The van der Waals surface area contributed by atoms with E-state index in [1.54, 1.807) is 4.90 Å². The van der Waals surface area contributed by atoms with Gasteiger partial charge < -0.3 is 15.1 Å². The highest BCUT2D eigenvalue weighted by Crippen LogP contribution is 2.02. The van der Waals surface area contributed by atoms with Gasteiger partial charge in [-0.15, -0.1) is 0 Å². The lowest BCUT2D eigenvalue weighted by molar-refractivity contribution is -0.131. The number of carbonyl (C=O) groups excluding carboxylic acids is 1. The number of unbranched alkanes of at least 4 members (excludes halogenated alkanes) is 2. The van der Waals surface area contributed by atoms with Crippen LogP contribution in [0.25, 0.3) is 0 Å². The van der Waals surface area contributed by atoms with Crippen LogP contribution in [0.3, 0.4) is 0 Å². The second-order valence-electron chi connectivity index (χ2n) is 3.23. The molecule has 84 valence electrons. The number of carbonyl (C=O) groups is 1. The van der Waals surface area contributed by atoms with Crippen molar-refractivity contribution in [1.29, 1.82) is 0 Å². The Balaban J connectivity index is 3.58. The minimum absolute atomic E-state index is 0.0240. The van der Waals surface area contributed by atoms with Crippen LogP contribution in [0.2, 0.25) is 0 Å². The Morgan fingerprint density at radius 1 is 1.14 bits per heavy atom. The summed E-state index contributed by atoms with van der Waals surface area (Å²) in [7, 11) is 0. The predicted molar refractivity (Wildman–Crippen MR) is 54.9 cm³/mol. The van der Waals surface area contributed by atoms with E-state index in [-0.39, 0.29) is 19.1 Å². The maximum atomic E-state index is 11.5. The third-order valence-electron chi connectivity index (χ3n) is 2.15. The van der Waals surface area contributed by atoms with E-state index in [1.807, 2.05) is 6.92 Å². The zero-order valence-electron chi connectivity index (χ0n) is 8.91. The van der Waals surface area contributed by atoms with E-state index in [0.29, 0.717) is 19.5 Å². The molecule has 0 spiro atoms. The van der Waals surface area contributed by atoms with Gasteiger partial charge in [0.05, 0.1) is 6.61 Å². The average Bonchev–Trinajstić information content (AvgIpc) is 2.20. The molecule has 0 saturated heterocycles. The summed E-state index contributed by atoms with van der Waals surface area (Å²) in [6.07, 6.45) is 2.99. The lowest BCUT2D eigenvalue weighted by Crippen LogP contribution is -2.33. The van der Waals surface area contributed by atoms with Crippen molar-refractivity contribution in [3.05, 3.63) is 0 Å². The Kier molecular flexibility index (Phi) is 8.57. The molecule has 0 heterocycles. The largest absolute Gasteiger partial charge is 0.396 e. The number of nitrogens with zero attached hydrogens (tertiary/aromatic N) is 1. The van der Waals surface area contributed by atoms with E-state index < -0.39 is 0 Å². The fourth-order valence-electron chi connectivity index (χ4n) is 1.30. The van der Waals surface area contributed by atoms with Crippen molar-refractivity contribution in [3.8, 4) is 0 Å². The molecule has 14 heavy (non-hydrogen) atoms. The van der Waals surface area contributed by atoms with Gasteiger partial charge in [-0.25, -0.2) is 0 Å².